The second-order valence-corrected chi connectivity index (χ2v) is 4.40. The smallest absolute Gasteiger partial charge is 0.318 e. The van der Waals surface area contributed by atoms with Crippen molar-refractivity contribution in [3.05, 3.63) is 5.89 Å². The fraction of sp³-hybridized carbons (Fsp3) is 0.818. The standard InChI is InChI=1S/C11H20N4O2/c1-2-5-12-7-10-13-14-11(17-10)15-6-3-4-9(16)8-15/h9,12,16H,2-8H2,1H3. The minimum absolute atomic E-state index is 0.280. The van der Waals surface area contributed by atoms with Crippen LogP contribution >= 0.6 is 0 Å². The molecule has 1 aliphatic heterocycles. The van der Waals surface area contributed by atoms with Crippen LogP contribution in [-0.4, -0.2) is 41.0 Å². The summed E-state index contributed by atoms with van der Waals surface area (Å²) >= 11 is 0. The molecule has 0 aliphatic carbocycles. The number of nitrogens with one attached hydrogen (secondary N) is 1. The van der Waals surface area contributed by atoms with Gasteiger partial charge in [0.05, 0.1) is 12.6 Å². The number of β-amino-alcohol motifs (C(OH)–C–C–N with tert-alkyl or cyclic N) is 1. The lowest BCUT2D eigenvalue weighted by atomic mass is 10.1. The van der Waals surface area contributed by atoms with Gasteiger partial charge in [0.15, 0.2) is 0 Å². The van der Waals surface area contributed by atoms with Crippen LogP contribution in [0.25, 0.3) is 0 Å². The fourth-order valence-corrected chi connectivity index (χ4v) is 1.94. The Bertz CT molecular complexity index is 342. The van der Waals surface area contributed by atoms with Gasteiger partial charge in [-0.15, -0.1) is 5.10 Å². The first-order valence-electron chi connectivity index (χ1n) is 6.25. The van der Waals surface area contributed by atoms with Crippen molar-refractivity contribution in [2.45, 2.75) is 38.8 Å². The summed E-state index contributed by atoms with van der Waals surface area (Å²) in [5, 5.41) is 20.8. The molecule has 1 saturated heterocycles. The zero-order valence-corrected chi connectivity index (χ0v) is 10.2. The van der Waals surface area contributed by atoms with E-state index in [4.69, 9.17) is 4.42 Å². The Morgan fingerprint density at radius 1 is 1.53 bits per heavy atom. The molecule has 17 heavy (non-hydrogen) atoms. The normalized spacial score (nSPS) is 20.8. The molecule has 1 atom stereocenters. The maximum atomic E-state index is 9.58. The van der Waals surface area contributed by atoms with Crippen LogP contribution in [0, 0.1) is 0 Å². The topological polar surface area (TPSA) is 74.4 Å². The van der Waals surface area contributed by atoms with Crippen LogP contribution in [0.2, 0.25) is 0 Å². The van der Waals surface area contributed by atoms with Crippen molar-refractivity contribution in [3.63, 3.8) is 0 Å². The van der Waals surface area contributed by atoms with Crippen molar-refractivity contribution in [3.8, 4) is 0 Å². The molecule has 0 radical (unpaired) electrons. The third-order valence-corrected chi connectivity index (χ3v) is 2.83. The molecule has 0 saturated carbocycles. The molecule has 1 aromatic heterocycles. The van der Waals surface area contributed by atoms with Crippen molar-refractivity contribution in [2.24, 2.45) is 0 Å². The van der Waals surface area contributed by atoms with E-state index in [9.17, 15) is 5.11 Å². The highest BCUT2D eigenvalue weighted by molar-refractivity contribution is 5.25. The van der Waals surface area contributed by atoms with Crippen LogP contribution < -0.4 is 10.2 Å². The number of aliphatic hydroxyl groups excluding tert-OH is 1. The van der Waals surface area contributed by atoms with Gasteiger partial charge in [-0.1, -0.05) is 12.0 Å². The van der Waals surface area contributed by atoms with E-state index in [-0.39, 0.29) is 6.10 Å². The van der Waals surface area contributed by atoms with Gasteiger partial charge in [0.25, 0.3) is 0 Å². The van der Waals surface area contributed by atoms with E-state index in [2.05, 4.69) is 22.4 Å². The third-order valence-electron chi connectivity index (χ3n) is 2.83. The fourth-order valence-electron chi connectivity index (χ4n) is 1.94. The zero-order valence-electron chi connectivity index (χ0n) is 10.2. The summed E-state index contributed by atoms with van der Waals surface area (Å²) in [5.41, 5.74) is 0. The number of aliphatic hydroxyl groups is 1. The summed E-state index contributed by atoms with van der Waals surface area (Å²) in [5.74, 6) is 0.605. The first-order valence-corrected chi connectivity index (χ1v) is 6.25. The summed E-state index contributed by atoms with van der Waals surface area (Å²) in [7, 11) is 0. The Morgan fingerprint density at radius 2 is 2.41 bits per heavy atom. The maximum absolute atomic E-state index is 9.58. The molecule has 0 spiro atoms. The van der Waals surface area contributed by atoms with Gasteiger partial charge in [0.2, 0.25) is 5.89 Å². The lowest BCUT2D eigenvalue weighted by Gasteiger charge is -2.28. The third kappa shape index (κ3) is 3.41. The summed E-state index contributed by atoms with van der Waals surface area (Å²) in [6.45, 7) is 5.13. The number of hydrogen-bond donors (Lipinski definition) is 2. The molecule has 1 aromatic rings. The molecule has 1 fully saturated rings. The average molecular weight is 240 g/mol. The second kappa shape index (κ2) is 5.97. The molecule has 6 nitrogen and oxygen atoms in total. The van der Waals surface area contributed by atoms with Crippen LogP contribution in [0.15, 0.2) is 4.42 Å². The van der Waals surface area contributed by atoms with E-state index in [1.807, 2.05) is 4.90 Å². The number of nitrogens with zero attached hydrogens (tertiary/aromatic N) is 3. The Kier molecular flexibility index (Phi) is 4.33. The van der Waals surface area contributed by atoms with E-state index >= 15 is 0 Å². The van der Waals surface area contributed by atoms with Gasteiger partial charge < -0.3 is 19.7 Å². The molecule has 96 valence electrons. The van der Waals surface area contributed by atoms with Crippen LogP contribution in [0.4, 0.5) is 6.01 Å². The number of anilines is 1. The van der Waals surface area contributed by atoms with E-state index in [1.165, 1.54) is 0 Å². The number of rotatable bonds is 5. The lowest BCUT2D eigenvalue weighted by molar-refractivity contribution is 0.151. The molecule has 6 heteroatoms. The van der Waals surface area contributed by atoms with Crippen molar-refractivity contribution >= 4 is 6.01 Å². The number of hydrogen-bond acceptors (Lipinski definition) is 6. The van der Waals surface area contributed by atoms with Gasteiger partial charge in [0, 0.05) is 13.1 Å². The minimum Gasteiger partial charge on any atom is -0.407 e. The van der Waals surface area contributed by atoms with Crippen LogP contribution in [0.3, 0.4) is 0 Å². The number of aromatic nitrogens is 2. The first kappa shape index (κ1) is 12.3. The SMILES string of the molecule is CCCNCc1nnc(N2CCCC(O)C2)o1. The highest BCUT2D eigenvalue weighted by Gasteiger charge is 2.21. The molecule has 1 aliphatic rings. The lowest BCUT2D eigenvalue weighted by Crippen LogP contribution is -2.38. The molecule has 0 aromatic carbocycles. The Labute approximate surface area is 101 Å². The maximum Gasteiger partial charge on any atom is 0.318 e. The summed E-state index contributed by atoms with van der Waals surface area (Å²) in [4.78, 5) is 1.95. The molecular weight excluding hydrogens is 220 g/mol. The average Bonchev–Trinajstić information content (AvgIpc) is 2.78. The van der Waals surface area contributed by atoms with E-state index in [0.717, 1.165) is 32.4 Å². The van der Waals surface area contributed by atoms with E-state index in [1.54, 1.807) is 0 Å². The monoisotopic (exact) mass is 240 g/mol. The van der Waals surface area contributed by atoms with Gasteiger partial charge in [-0.05, 0) is 25.8 Å². The Hall–Kier alpha value is -1.14. The molecule has 1 unspecified atom stereocenters. The van der Waals surface area contributed by atoms with Crippen molar-refractivity contribution in [2.75, 3.05) is 24.5 Å². The quantitative estimate of drug-likeness (QED) is 0.731. The van der Waals surface area contributed by atoms with Crippen LogP contribution in [0.1, 0.15) is 32.1 Å². The molecule has 2 N–H and O–H groups in total. The largest absolute Gasteiger partial charge is 0.407 e. The van der Waals surface area contributed by atoms with Crippen molar-refractivity contribution < 1.29 is 9.52 Å². The Morgan fingerprint density at radius 3 is 3.18 bits per heavy atom. The van der Waals surface area contributed by atoms with Crippen LogP contribution in [-0.2, 0) is 6.54 Å². The minimum atomic E-state index is -0.280. The van der Waals surface area contributed by atoms with Gasteiger partial charge >= 0.3 is 6.01 Å². The number of piperidine rings is 1. The molecule has 0 bridgehead atoms. The predicted molar refractivity (Wildman–Crippen MR) is 63.7 cm³/mol. The summed E-state index contributed by atoms with van der Waals surface area (Å²) in [6, 6.07) is 0.525. The van der Waals surface area contributed by atoms with Gasteiger partial charge in [0.1, 0.15) is 0 Å². The molecular formula is C11H20N4O2. The highest BCUT2D eigenvalue weighted by Crippen LogP contribution is 2.18. The van der Waals surface area contributed by atoms with E-state index in [0.29, 0.717) is 25.0 Å². The molecule has 2 rings (SSSR count). The molecule has 2 heterocycles. The van der Waals surface area contributed by atoms with Crippen molar-refractivity contribution in [1.29, 1.82) is 0 Å². The van der Waals surface area contributed by atoms with Crippen LogP contribution in [0.5, 0.6) is 0 Å². The predicted octanol–water partition coefficient (Wildman–Crippen LogP) is 0.530. The molecule has 0 amide bonds. The van der Waals surface area contributed by atoms with E-state index < -0.39 is 0 Å². The van der Waals surface area contributed by atoms with Gasteiger partial charge in [-0.3, -0.25) is 0 Å². The van der Waals surface area contributed by atoms with Crippen molar-refractivity contribution in [1.82, 2.24) is 15.5 Å². The first-order chi connectivity index (χ1) is 8.29. The second-order valence-electron chi connectivity index (χ2n) is 4.40. The van der Waals surface area contributed by atoms with Gasteiger partial charge in [-0.25, -0.2) is 0 Å². The highest BCUT2D eigenvalue weighted by atomic mass is 16.4. The Balaban J connectivity index is 1.88. The summed E-state index contributed by atoms with van der Waals surface area (Å²) in [6.07, 6.45) is 2.62. The zero-order chi connectivity index (χ0) is 12.1. The van der Waals surface area contributed by atoms with Gasteiger partial charge in [-0.2, -0.15) is 0 Å². The summed E-state index contributed by atoms with van der Waals surface area (Å²) < 4.78 is 5.55.